The monoisotopic (exact) mass is 228 g/mol. The first-order valence-electron chi connectivity index (χ1n) is 2.72. The fourth-order valence-corrected chi connectivity index (χ4v) is 0. The molecule has 0 rings (SSSR count). The van der Waals surface area contributed by atoms with E-state index in [4.69, 9.17) is 29.1 Å². The maximum Gasteiger partial charge on any atom is 0.466 e. The van der Waals surface area contributed by atoms with E-state index in [1.807, 2.05) is 0 Å². The van der Waals surface area contributed by atoms with Crippen LogP contribution in [0.3, 0.4) is 0 Å². The van der Waals surface area contributed by atoms with Crippen molar-refractivity contribution in [2.75, 3.05) is 0 Å². The Labute approximate surface area is 78.7 Å². The van der Waals surface area contributed by atoms with Crippen LogP contribution in [0.4, 0.5) is 0 Å². The summed E-state index contributed by atoms with van der Waals surface area (Å²) in [5.74, 6) is -0.954. The molecule has 0 spiro atoms. The average Bonchev–Trinajstić information content (AvgIpc) is 1.84. The minimum Gasteiger partial charge on any atom is -0.476 e. The van der Waals surface area contributed by atoms with Crippen LogP contribution in [-0.2, 0) is 18.9 Å². The fourth-order valence-electron chi connectivity index (χ4n) is 0. The van der Waals surface area contributed by atoms with Gasteiger partial charge in [0.2, 0.25) is 5.78 Å². The third-order valence-corrected chi connectivity index (χ3v) is 0.301. The molecule has 0 unspecified atom stereocenters. The minimum atomic E-state index is -4.64. The first-order chi connectivity index (χ1) is 6.06. The molecule has 0 fully saturated rings. The van der Waals surface area contributed by atoms with Crippen LogP contribution in [0.25, 0.3) is 0 Å². The van der Waals surface area contributed by atoms with Crippen LogP contribution in [0.1, 0.15) is 6.92 Å². The van der Waals surface area contributed by atoms with Gasteiger partial charge in [0.05, 0.1) is 0 Å². The van der Waals surface area contributed by atoms with Gasteiger partial charge in [-0.3, -0.25) is 4.79 Å². The summed E-state index contributed by atoms with van der Waals surface area (Å²) in [6, 6.07) is 0. The highest BCUT2D eigenvalue weighted by Crippen LogP contribution is 2.25. The Morgan fingerprint density at radius 2 is 1.36 bits per heavy atom. The van der Waals surface area contributed by atoms with Crippen LogP contribution in [0.15, 0.2) is 6.58 Å². The number of ketones is 1. The fraction of sp³-hybridized carbons (Fsp3) is 0.200. The van der Waals surface area contributed by atoms with E-state index in [1.54, 1.807) is 0 Å². The number of aliphatic carboxylic acids is 1. The lowest BCUT2D eigenvalue weighted by atomic mass is 10.5. The highest BCUT2D eigenvalue weighted by molar-refractivity contribution is 7.45. The lowest BCUT2D eigenvalue weighted by Gasteiger charge is -1.82. The molecule has 0 aromatic heterocycles. The maximum absolute atomic E-state index is 9.54. The SMILES string of the molecule is C=C=O.CC(=O)C(=O)O.O=P(O)(O)O. The molecule has 0 aromatic rings. The molecule has 0 saturated carbocycles. The summed E-state index contributed by atoms with van der Waals surface area (Å²) in [6.07, 6.45) is 0. The zero-order chi connectivity index (χ0) is 12.4. The molecule has 0 aliphatic carbocycles. The third kappa shape index (κ3) is 138. The van der Waals surface area contributed by atoms with Gasteiger partial charge in [-0.15, -0.1) is 0 Å². The van der Waals surface area contributed by atoms with Gasteiger partial charge in [0.15, 0.2) is 0 Å². The second-order valence-corrected chi connectivity index (χ2v) is 2.55. The average molecular weight is 228 g/mol. The van der Waals surface area contributed by atoms with Crippen molar-refractivity contribution in [1.29, 1.82) is 0 Å². The zero-order valence-corrected chi connectivity index (χ0v) is 7.97. The van der Waals surface area contributed by atoms with Gasteiger partial charge < -0.3 is 19.8 Å². The Bertz CT molecular complexity index is 237. The Morgan fingerprint density at radius 3 is 1.36 bits per heavy atom. The minimum absolute atomic E-state index is 0.824. The van der Waals surface area contributed by atoms with Gasteiger partial charge in [-0.2, -0.15) is 0 Å². The highest BCUT2D eigenvalue weighted by atomic mass is 31.2. The van der Waals surface area contributed by atoms with Gasteiger partial charge in [-0.25, -0.2) is 14.2 Å². The van der Waals surface area contributed by atoms with Crippen LogP contribution in [0.5, 0.6) is 0 Å². The normalized spacial score (nSPS) is 8.00. The Hall–Kier alpha value is -1.30. The number of hydrogen-bond acceptors (Lipinski definition) is 4. The predicted octanol–water partition coefficient (Wildman–Crippen LogP) is -1.26. The number of Topliss-reactive ketones (excluding diaryl/α,β-unsaturated/α-hetero) is 1. The molecule has 0 radical (unpaired) electrons. The van der Waals surface area contributed by atoms with Gasteiger partial charge in [0.1, 0.15) is 5.94 Å². The van der Waals surface area contributed by atoms with Gasteiger partial charge in [-0.1, -0.05) is 0 Å². The molecule has 82 valence electrons. The molecular weight excluding hydrogens is 219 g/mol. The second-order valence-electron chi connectivity index (χ2n) is 1.52. The summed E-state index contributed by atoms with van der Waals surface area (Å²) in [6.45, 7) is 3.68. The van der Waals surface area contributed by atoms with Crippen molar-refractivity contribution < 1.29 is 38.7 Å². The van der Waals surface area contributed by atoms with E-state index < -0.39 is 19.6 Å². The molecule has 0 saturated heterocycles. The van der Waals surface area contributed by atoms with Crippen molar-refractivity contribution in [3.8, 4) is 0 Å². The van der Waals surface area contributed by atoms with Crippen molar-refractivity contribution in [1.82, 2.24) is 0 Å². The van der Waals surface area contributed by atoms with E-state index in [0.29, 0.717) is 0 Å². The van der Waals surface area contributed by atoms with E-state index >= 15 is 0 Å². The molecule has 0 bridgehead atoms. The molecule has 4 N–H and O–H groups in total. The number of carboxylic acids is 1. The molecule has 8 nitrogen and oxygen atoms in total. The Morgan fingerprint density at radius 1 is 1.29 bits per heavy atom. The topological polar surface area (TPSA) is 149 Å². The first-order valence-corrected chi connectivity index (χ1v) is 4.29. The quantitative estimate of drug-likeness (QED) is 0.246. The molecule has 9 heteroatoms. The zero-order valence-electron chi connectivity index (χ0n) is 7.08. The smallest absolute Gasteiger partial charge is 0.466 e. The molecule has 0 aromatic carbocycles. The number of hydrogen-bond donors (Lipinski definition) is 4. The lowest BCUT2D eigenvalue weighted by molar-refractivity contribution is -0.148. The van der Waals surface area contributed by atoms with E-state index in [9.17, 15) is 9.59 Å². The second kappa shape index (κ2) is 9.79. The summed E-state index contributed by atoms with van der Waals surface area (Å²) in [4.78, 5) is 49.0. The van der Waals surface area contributed by atoms with Crippen LogP contribution < -0.4 is 0 Å². The van der Waals surface area contributed by atoms with Crippen LogP contribution >= 0.6 is 7.82 Å². The van der Waals surface area contributed by atoms with Crippen molar-refractivity contribution in [2.24, 2.45) is 0 Å². The Balaban J connectivity index is -0.000000138. The molecule has 0 aliphatic rings. The molecule has 0 amide bonds. The number of carbonyl (C=O) groups excluding carboxylic acids is 2. The molecule has 0 heterocycles. The van der Waals surface area contributed by atoms with E-state index in [2.05, 4.69) is 6.58 Å². The van der Waals surface area contributed by atoms with Gasteiger partial charge in [-0.05, 0) is 6.58 Å². The molecule has 14 heavy (non-hydrogen) atoms. The van der Waals surface area contributed by atoms with Crippen LogP contribution in [-0.4, -0.2) is 37.5 Å². The summed E-state index contributed by atoms with van der Waals surface area (Å²) in [5.41, 5.74) is 0. The van der Waals surface area contributed by atoms with Crippen LogP contribution in [0.2, 0.25) is 0 Å². The maximum atomic E-state index is 9.54. The first kappa shape index (κ1) is 18.5. The van der Waals surface area contributed by atoms with Gasteiger partial charge in [0.25, 0.3) is 0 Å². The van der Waals surface area contributed by atoms with Crippen molar-refractivity contribution in [3.63, 3.8) is 0 Å². The number of carbonyl (C=O) groups is 2. The van der Waals surface area contributed by atoms with E-state index in [-0.39, 0.29) is 0 Å². The molecule has 0 aliphatic heterocycles. The largest absolute Gasteiger partial charge is 0.476 e. The third-order valence-electron chi connectivity index (χ3n) is 0.301. The van der Waals surface area contributed by atoms with Gasteiger partial charge in [0, 0.05) is 6.92 Å². The standard InChI is InChI=1S/C3H4O3.C2H2O.H3O4P/c1-2(4)3(5)6;1-2-3;1-5(2,3)4/h1H3,(H,5,6);1H2;(H3,1,2,3,4). The van der Waals surface area contributed by atoms with Crippen molar-refractivity contribution in [2.45, 2.75) is 6.92 Å². The summed E-state index contributed by atoms with van der Waals surface area (Å²) < 4.78 is 8.88. The number of rotatable bonds is 1. The Kier molecular flexibility index (Phi) is 12.9. The molecule has 0 atom stereocenters. The van der Waals surface area contributed by atoms with Crippen molar-refractivity contribution in [3.05, 3.63) is 6.58 Å². The van der Waals surface area contributed by atoms with Gasteiger partial charge >= 0.3 is 13.8 Å². The highest BCUT2D eigenvalue weighted by Gasteiger charge is 2.00. The lowest BCUT2D eigenvalue weighted by Crippen LogP contribution is -2.05. The summed E-state index contributed by atoms with van der Waals surface area (Å²) >= 11 is 0. The molecular formula is C5H9O8P. The predicted molar refractivity (Wildman–Crippen MR) is 43.9 cm³/mol. The number of carboxylic acid groups (broad SMARTS) is 1. The summed E-state index contributed by atoms with van der Waals surface area (Å²) in [5, 5.41) is 7.64. The van der Waals surface area contributed by atoms with E-state index in [1.165, 1.54) is 5.94 Å². The van der Waals surface area contributed by atoms with Crippen LogP contribution in [0, 0.1) is 0 Å². The number of phosphoric acid groups is 1. The summed E-state index contributed by atoms with van der Waals surface area (Å²) in [7, 11) is -4.64. The van der Waals surface area contributed by atoms with Crippen molar-refractivity contribution >= 4 is 25.5 Å². The van der Waals surface area contributed by atoms with E-state index in [0.717, 1.165) is 6.92 Å².